The third kappa shape index (κ3) is 2.16. The molecule has 0 atom stereocenters. The zero-order chi connectivity index (χ0) is 16.0. The molecule has 0 bridgehead atoms. The molecule has 0 aliphatic rings. The first-order valence-electron chi connectivity index (χ1n) is 7.40. The van der Waals surface area contributed by atoms with Gasteiger partial charge in [-0.15, -0.1) is 0 Å². The van der Waals surface area contributed by atoms with Crippen LogP contribution in [-0.2, 0) is 0 Å². The van der Waals surface area contributed by atoms with Crippen LogP contribution in [0, 0.1) is 0 Å². The topological polar surface area (TPSA) is 77.1 Å². The van der Waals surface area contributed by atoms with Crippen LogP contribution in [0.1, 0.15) is 0 Å². The van der Waals surface area contributed by atoms with Gasteiger partial charge in [-0.25, -0.2) is 0 Å². The molecule has 1 aromatic heterocycles. The Hall–Kier alpha value is -3.14. The number of anilines is 2. The number of ether oxygens (including phenoxy) is 1. The lowest BCUT2D eigenvalue weighted by Crippen LogP contribution is -1.88. The summed E-state index contributed by atoms with van der Waals surface area (Å²) in [5.41, 5.74) is 17.8. The van der Waals surface area contributed by atoms with Crippen LogP contribution in [-0.4, -0.2) is 12.1 Å². The summed E-state index contributed by atoms with van der Waals surface area (Å²) in [6.07, 6.45) is 0. The number of H-pyrrole nitrogens is 1. The molecule has 4 heteroatoms. The van der Waals surface area contributed by atoms with Crippen molar-refractivity contribution in [1.82, 2.24) is 4.98 Å². The first-order valence-corrected chi connectivity index (χ1v) is 7.40. The van der Waals surface area contributed by atoms with Crippen LogP contribution in [0.4, 0.5) is 11.4 Å². The summed E-state index contributed by atoms with van der Waals surface area (Å²) in [7, 11) is 1.66. The summed E-state index contributed by atoms with van der Waals surface area (Å²) in [6, 6.07) is 17.8. The molecule has 0 amide bonds. The Bertz CT molecular complexity index is 1020. The zero-order valence-electron chi connectivity index (χ0n) is 12.8. The lowest BCUT2D eigenvalue weighted by molar-refractivity contribution is 0.415. The van der Waals surface area contributed by atoms with Gasteiger partial charge in [0.15, 0.2) is 0 Å². The molecular weight excluding hydrogens is 286 g/mol. The summed E-state index contributed by atoms with van der Waals surface area (Å²) in [5.74, 6) is 0.832. The Morgan fingerprint density at radius 2 is 1.57 bits per heavy atom. The van der Waals surface area contributed by atoms with E-state index in [-0.39, 0.29) is 0 Å². The van der Waals surface area contributed by atoms with Crippen LogP contribution >= 0.6 is 0 Å². The number of aromatic amines is 1. The number of fused-ring (bicyclic) bond motifs is 3. The van der Waals surface area contributed by atoms with Gasteiger partial charge in [0.1, 0.15) is 5.75 Å². The number of nitrogen functional groups attached to an aromatic ring is 2. The summed E-state index contributed by atoms with van der Waals surface area (Å²) in [6.45, 7) is 0. The molecule has 4 aromatic rings. The van der Waals surface area contributed by atoms with E-state index in [1.807, 2.05) is 54.6 Å². The van der Waals surface area contributed by atoms with Crippen LogP contribution in [0.5, 0.6) is 5.75 Å². The first-order chi connectivity index (χ1) is 11.2. The summed E-state index contributed by atoms with van der Waals surface area (Å²) in [4.78, 5) is 3.49. The highest BCUT2D eigenvalue weighted by Crippen LogP contribution is 2.36. The fraction of sp³-hybridized carbons (Fsp3) is 0.0526. The normalized spacial score (nSPS) is 11.2. The Morgan fingerprint density at radius 1 is 0.826 bits per heavy atom. The maximum absolute atomic E-state index is 6.14. The molecule has 5 N–H and O–H groups in total. The minimum atomic E-state index is 0.728. The monoisotopic (exact) mass is 303 g/mol. The van der Waals surface area contributed by atoms with Crippen molar-refractivity contribution in [2.75, 3.05) is 18.6 Å². The van der Waals surface area contributed by atoms with Gasteiger partial charge in [-0.1, -0.05) is 12.1 Å². The van der Waals surface area contributed by atoms with E-state index in [1.165, 1.54) is 0 Å². The summed E-state index contributed by atoms with van der Waals surface area (Å²) >= 11 is 0. The highest BCUT2D eigenvalue weighted by Gasteiger charge is 2.11. The number of hydrogen-bond donors (Lipinski definition) is 3. The van der Waals surface area contributed by atoms with Gasteiger partial charge >= 0.3 is 0 Å². The van der Waals surface area contributed by atoms with Gasteiger partial charge in [-0.3, -0.25) is 0 Å². The van der Waals surface area contributed by atoms with Gasteiger partial charge in [0.25, 0.3) is 0 Å². The molecule has 0 saturated heterocycles. The van der Waals surface area contributed by atoms with Gasteiger partial charge in [0, 0.05) is 33.2 Å². The van der Waals surface area contributed by atoms with Crippen molar-refractivity contribution >= 4 is 33.2 Å². The van der Waals surface area contributed by atoms with Gasteiger partial charge in [-0.2, -0.15) is 0 Å². The van der Waals surface area contributed by atoms with E-state index in [1.54, 1.807) is 7.11 Å². The number of nitrogens with two attached hydrogens (primary N) is 2. The standard InChI is InChI=1S/C19H17N3O/c1-23-14-5-2-11(3-6-14)15-9-13(21)10-17-16-8-12(20)4-7-18(16)22-19(15)17/h2-10,22H,20-21H2,1H3. The van der Waals surface area contributed by atoms with Crippen molar-refractivity contribution in [3.05, 3.63) is 54.6 Å². The second-order valence-electron chi connectivity index (χ2n) is 5.65. The lowest BCUT2D eigenvalue weighted by atomic mass is 10.0. The molecule has 0 aliphatic heterocycles. The van der Waals surface area contributed by atoms with E-state index in [0.717, 1.165) is 50.1 Å². The van der Waals surface area contributed by atoms with Gasteiger partial charge in [0.2, 0.25) is 0 Å². The van der Waals surface area contributed by atoms with Gasteiger partial charge in [0.05, 0.1) is 12.6 Å². The number of methoxy groups -OCH3 is 1. The number of nitrogens with one attached hydrogen (secondary N) is 1. The number of rotatable bonds is 2. The summed E-state index contributed by atoms with van der Waals surface area (Å²) < 4.78 is 5.23. The van der Waals surface area contributed by atoms with Crippen LogP contribution in [0.3, 0.4) is 0 Å². The second kappa shape index (κ2) is 4.95. The van der Waals surface area contributed by atoms with E-state index in [9.17, 15) is 0 Å². The maximum Gasteiger partial charge on any atom is 0.118 e. The van der Waals surface area contributed by atoms with Gasteiger partial charge < -0.3 is 21.2 Å². The van der Waals surface area contributed by atoms with Crippen molar-refractivity contribution in [3.8, 4) is 16.9 Å². The largest absolute Gasteiger partial charge is 0.497 e. The molecule has 0 unspecified atom stereocenters. The smallest absolute Gasteiger partial charge is 0.118 e. The highest BCUT2D eigenvalue weighted by atomic mass is 16.5. The fourth-order valence-electron chi connectivity index (χ4n) is 3.04. The Balaban J connectivity index is 2.03. The number of aromatic nitrogens is 1. The number of hydrogen-bond acceptors (Lipinski definition) is 3. The van der Waals surface area contributed by atoms with E-state index in [4.69, 9.17) is 16.2 Å². The molecule has 4 rings (SSSR count). The quantitative estimate of drug-likeness (QED) is 0.487. The predicted molar refractivity (Wildman–Crippen MR) is 96.6 cm³/mol. The molecular formula is C19H17N3O. The molecule has 3 aromatic carbocycles. The average Bonchev–Trinajstić information content (AvgIpc) is 2.92. The average molecular weight is 303 g/mol. The van der Waals surface area contributed by atoms with Crippen molar-refractivity contribution < 1.29 is 4.74 Å². The van der Waals surface area contributed by atoms with E-state index < -0.39 is 0 Å². The predicted octanol–water partition coefficient (Wildman–Crippen LogP) is 4.16. The lowest BCUT2D eigenvalue weighted by Gasteiger charge is -2.07. The Morgan fingerprint density at radius 3 is 2.30 bits per heavy atom. The van der Waals surface area contributed by atoms with Crippen LogP contribution in [0.2, 0.25) is 0 Å². The highest BCUT2D eigenvalue weighted by molar-refractivity contribution is 6.13. The summed E-state index contributed by atoms with van der Waals surface area (Å²) in [5, 5.41) is 2.17. The molecule has 23 heavy (non-hydrogen) atoms. The molecule has 4 nitrogen and oxygen atoms in total. The molecule has 0 saturated carbocycles. The van der Waals surface area contributed by atoms with E-state index in [0.29, 0.717) is 0 Å². The SMILES string of the molecule is COc1ccc(-c2cc(N)cc3c2[nH]c2ccc(N)cc23)cc1. The van der Waals surface area contributed by atoms with Crippen molar-refractivity contribution in [3.63, 3.8) is 0 Å². The van der Waals surface area contributed by atoms with Crippen LogP contribution in [0.15, 0.2) is 54.6 Å². The molecule has 0 spiro atoms. The zero-order valence-corrected chi connectivity index (χ0v) is 12.8. The fourth-order valence-corrected chi connectivity index (χ4v) is 3.04. The molecule has 1 heterocycles. The Kier molecular flexibility index (Phi) is 2.91. The molecule has 0 radical (unpaired) electrons. The van der Waals surface area contributed by atoms with E-state index >= 15 is 0 Å². The third-order valence-corrected chi connectivity index (χ3v) is 4.16. The van der Waals surface area contributed by atoms with Crippen LogP contribution < -0.4 is 16.2 Å². The minimum Gasteiger partial charge on any atom is -0.497 e. The molecule has 0 aliphatic carbocycles. The van der Waals surface area contributed by atoms with Crippen molar-refractivity contribution in [1.29, 1.82) is 0 Å². The van der Waals surface area contributed by atoms with E-state index in [2.05, 4.69) is 4.98 Å². The maximum atomic E-state index is 6.14. The van der Waals surface area contributed by atoms with Gasteiger partial charge in [-0.05, 0) is 48.0 Å². The third-order valence-electron chi connectivity index (χ3n) is 4.16. The second-order valence-corrected chi connectivity index (χ2v) is 5.65. The minimum absolute atomic E-state index is 0.728. The Labute approximate surface area is 133 Å². The first kappa shape index (κ1) is 13.5. The molecule has 0 fully saturated rings. The van der Waals surface area contributed by atoms with Crippen molar-refractivity contribution in [2.45, 2.75) is 0 Å². The number of benzene rings is 3. The van der Waals surface area contributed by atoms with Crippen molar-refractivity contribution in [2.24, 2.45) is 0 Å². The molecule has 114 valence electrons. The van der Waals surface area contributed by atoms with Crippen LogP contribution in [0.25, 0.3) is 32.9 Å².